The van der Waals surface area contributed by atoms with Gasteiger partial charge in [0.25, 0.3) is 0 Å². The Kier molecular flexibility index (Phi) is 4.66. The molecular formula is C15H22BrNO. The lowest BCUT2D eigenvalue weighted by atomic mass is 9.80. The zero-order valence-electron chi connectivity index (χ0n) is 11.4. The first-order chi connectivity index (χ1) is 8.60. The van der Waals surface area contributed by atoms with Crippen LogP contribution in [0.25, 0.3) is 0 Å². The molecular weight excluding hydrogens is 290 g/mol. The predicted octanol–water partition coefficient (Wildman–Crippen LogP) is 4.49. The number of halogens is 1. The maximum absolute atomic E-state index is 6.16. The molecule has 1 fully saturated rings. The maximum atomic E-state index is 6.16. The zero-order chi connectivity index (χ0) is 13.1. The molecule has 1 aliphatic rings. The van der Waals surface area contributed by atoms with Crippen LogP contribution in [0.15, 0.2) is 12.1 Å². The van der Waals surface area contributed by atoms with Crippen LogP contribution in [0.5, 0.6) is 5.75 Å². The molecule has 2 nitrogen and oxygen atoms in total. The molecule has 1 aliphatic carbocycles. The van der Waals surface area contributed by atoms with Crippen LogP contribution in [-0.2, 0) is 5.33 Å². The van der Waals surface area contributed by atoms with E-state index < -0.39 is 0 Å². The third-order valence-electron chi connectivity index (χ3n) is 4.04. The van der Waals surface area contributed by atoms with E-state index in [2.05, 4.69) is 40.8 Å². The maximum Gasteiger partial charge on any atom is 0.142 e. The molecule has 0 saturated heterocycles. The van der Waals surface area contributed by atoms with Gasteiger partial charge in [0.2, 0.25) is 0 Å². The van der Waals surface area contributed by atoms with E-state index in [4.69, 9.17) is 4.74 Å². The minimum atomic E-state index is 0.360. The van der Waals surface area contributed by atoms with E-state index in [0.29, 0.717) is 6.10 Å². The van der Waals surface area contributed by atoms with Crippen LogP contribution < -0.4 is 4.74 Å². The van der Waals surface area contributed by atoms with Gasteiger partial charge in [0.15, 0.2) is 0 Å². The van der Waals surface area contributed by atoms with Gasteiger partial charge in [-0.15, -0.1) is 0 Å². The second-order valence-corrected chi connectivity index (χ2v) is 6.10. The van der Waals surface area contributed by atoms with Crippen LogP contribution in [0.3, 0.4) is 0 Å². The first-order valence-electron chi connectivity index (χ1n) is 6.79. The Morgan fingerprint density at radius 3 is 2.72 bits per heavy atom. The van der Waals surface area contributed by atoms with Crippen LogP contribution in [0, 0.1) is 18.8 Å². The molecule has 0 N–H and O–H groups in total. The summed E-state index contributed by atoms with van der Waals surface area (Å²) in [6.45, 7) is 6.69. The van der Waals surface area contributed by atoms with Gasteiger partial charge in [-0.05, 0) is 50.2 Å². The van der Waals surface area contributed by atoms with Crippen molar-refractivity contribution in [1.82, 2.24) is 4.98 Å². The molecule has 3 atom stereocenters. The zero-order valence-corrected chi connectivity index (χ0v) is 13.0. The Morgan fingerprint density at radius 2 is 2.06 bits per heavy atom. The Hall–Kier alpha value is -0.570. The minimum absolute atomic E-state index is 0.360. The van der Waals surface area contributed by atoms with Crippen LogP contribution in [0.4, 0.5) is 0 Å². The molecule has 0 spiro atoms. The fourth-order valence-electron chi connectivity index (χ4n) is 2.59. The number of ether oxygens (including phenoxy) is 1. The molecule has 1 saturated carbocycles. The van der Waals surface area contributed by atoms with E-state index in [1.54, 1.807) is 0 Å². The molecule has 3 heteroatoms. The molecule has 100 valence electrons. The summed E-state index contributed by atoms with van der Waals surface area (Å²) in [5, 5.41) is 0.753. The highest BCUT2D eigenvalue weighted by molar-refractivity contribution is 9.08. The Bertz CT molecular complexity index is 407. The number of aromatic nitrogens is 1. The van der Waals surface area contributed by atoms with Crippen molar-refractivity contribution in [3.8, 4) is 5.75 Å². The normalized spacial score (nSPS) is 28.1. The molecule has 1 heterocycles. The van der Waals surface area contributed by atoms with Gasteiger partial charge in [0.05, 0.1) is 11.8 Å². The van der Waals surface area contributed by atoms with Crippen molar-refractivity contribution in [1.29, 1.82) is 0 Å². The summed E-state index contributed by atoms with van der Waals surface area (Å²) in [5.74, 6) is 2.54. The molecule has 1 aromatic rings. The van der Waals surface area contributed by atoms with Gasteiger partial charge < -0.3 is 4.74 Å². The second-order valence-electron chi connectivity index (χ2n) is 5.54. The highest BCUT2D eigenvalue weighted by atomic mass is 79.9. The highest BCUT2D eigenvalue weighted by Gasteiger charge is 2.26. The number of hydrogen-bond donors (Lipinski definition) is 0. The molecule has 18 heavy (non-hydrogen) atoms. The smallest absolute Gasteiger partial charge is 0.142 e. The summed E-state index contributed by atoms with van der Waals surface area (Å²) in [6.07, 6.45) is 3.96. The molecule has 0 aromatic carbocycles. The number of hydrogen-bond acceptors (Lipinski definition) is 2. The van der Waals surface area contributed by atoms with E-state index in [1.165, 1.54) is 12.8 Å². The van der Waals surface area contributed by atoms with Crippen molar-refractivity contribution in [3.63, 3.8) is 0 Å². The van der Waals surface area contributed by atoms with Crippen molar-refractivity contribution < 1.29 is 4.74 Å². The number of pyridine rings is 1. The summed E-state index contributed by atoms with van der Waals surface area (Å²) >= 11 is 3.49. The third kappa shape index (κ3) is 3.25. The van der Waals surface area contributed by atoms with Crippen LogP contribution in [0.1, 0.15) is 44.5 Å². The lowest BCUT2D eigenvalue weighted by Crippen LogP contribution is -2.29. The number of nitrogens with zero attached hydrogens (tertiary/aromatic N) is 1. The summed E-state index contributed by atoms with van der Waals surface area (Å²) < 4.78 is 6.16. The fourth-order valence-corrected chi connectivity index (χ4v) is 2.99. The summed E-state index contributed by atoms with van der Waals surface area (Å²) in [4.78, 5) is 4.52. The van der Waals surface area contributed by atoms with Gasteiger partial charge >= 0.3 is 0 Å². The Morgan fingerprint density at radius 1 is 1.28 bits per heavy atom. The number of aryl methyl sites for hydroxylation is 1. The molecule has 0 radical (unpaired) electrons. The third-order valence-corrected chi connectivity index (χ3v) is 4.57. The van der Waals surface area contributed by atoms with Gasteiger partial charge in [-0.25, -0.2) is 0 Å². The van der Waals surface area contributed by atoms with E-state index in [0.717, 1.165) is 40.7 Å². The number of alkyl halides is 1. The van der Waals surface area contributed by atoms with Gasteiger partial charge in [-0.2, -0.15) is 0 Å². The second kappa shape index (κ2) is 6.05. The molecule has 0 aliphatic heterocycles. The van der Waals surface area contributed by atoms with Gasteiger partial charge in [-0.3, -0.25) is 4.98 Å². The standard InChI is InChI=1S/C15H22BrNO/c1-10-4-6-13(8-11(10)2)18-15-7-5-12(3)17-14(15)9-16/h5,7,10-11,13H,4,6,8-9H2,1-3H3. The lowest BCUT2D eigenvalue weighted by molar-refractivity contribution is 0.0995. The minimum Gasteiger partial charge on any atom is -0.488 e. The van der Waals surface area contributed by atoms with Crippen molar-refractivity contribution in [3.05, 3.63) is 23.5 Å². The van der Waals surface area contributed by atoms with Crippen LogP contribution in [0.2, 0.25) is 0 Å². The molecule has 1 aromatic heterocycles. The summed E-state index contributed by atoms with van der Waals surface area (Å²) in [7, 11) is 0. The van der Waals surface area contributed by atoms with Gasteiger partial charge in [-0.1, -0.05) is 29.8 Å². The van der Waals surface area contributed by atoms with E-state index >= 15 is 0 Å². The average molecular weight is 312 g/mol. The largest absolute Gasteiger partial charge is 0.488 e. The highest BCUT2D eigenvalue weighted by Crippen LogP contribution is 2.32. The summed E-state index contributed by atoms with van der Waals surface area (Å²) in [5.41, 5.74) is 2.06. The Labute approximate surface area is 118 Å². The van der Waals surface area contributed by atoms with Gasteiger partial charge in [0.1, 0.15) is 5.75 Å². The first kappa shape index (κ1) is 13.9. The van der Waals surface area contributed by atoms with Crippen molar-refractivity contribution in [2.75, 3.05) is 0 Å². The van der Waals surface area contributed by atoms with Gasteiger partial charge in [0, 0.05) is 11.0 Å². The van der Waals surface area contributed by atoms with Crippen LogP contribution >= 0.6 is 15.9 Å². The Balaban J connectivity index is 2.05. The number of rotatable bonds is 3. The molecule has 2 rings (SSSR count). The molecule has 0 amide bonds. The quantitative estimate of drug-likeness (QED) is 0.767. The van der Waals surface area contributed by atoms with E-state index in [1.807, 2.05) is 13.0 Å². The monoisotopic (exact) mass is 311 g/mol. The average Bonchev–Trinajstić information content (AvgIpc) is 2.36. The van der Waals surface area contributed by atoms with Crippen molar-refractivity contribution in [2.24, 2.45) is 11.8 Å². The topological polar surface area (TPSA) is 22.1 Å². The van der Waals surface area contributed by atoms with Crippen molar-refractivity contribution >= 4 is 15.9 Å². The van der Waals surface area contributed by atoms with Crippen molar-refractivity contribution in [2.45, 2.75) is 51.5 Å². The van der Waals surface area contributed by atoms with E-state index in [-0.39, 0.29) is 0 Å². The fraction of sp³-hybridized carbons (Fsp3) is 0.667. The van der Waals surface area contributed by atoms with Crippen LogP contribution in [-0.4, -0.2) is 11.1 Å². The predicted molar refractivity (Wildman–Crippen MR) is 78.2 cm³/mol. The van der Waals surface area contributed by atoms with E-state index in [9.17, 15) is 0 Å². The SMILES string of the molecule is Cc1ccc(OC2CCC(C)C(C)C2)c(CBr)n1. The molecule has 0 bridgehead atoms. The first-order valence-corrected chi connectivity index (χ1v) is 7.91. The summed E-state index contributed by atoms with van der Waals surface area (Å²) in [6, 6.07) is 4.08. The molecule has 3 unspecified atom stereocenters. The lowest BCUT2D eigenvalue weighted by Gasteiger charge is -2.32.